The third kappa shape index (κ3) is 5.77. The Morgan fingerprint density at radius 1 is 1.06 bits per heavy atom. The van der Waals surface area contributed by atoms with E-state index in [9.17, 15) is 5.11 Å². The lowest BCUT2D eigenvalue weighted by atomic mass is 10.2. The maximum absolute atomic E-state index is 10.5. The second kappa shape index (κ2) is 11.0. The van der Waals surface area contributed by atoms with Crippen LogP contribution in [0.4, 0.5) is 5.69 Å². The van der Waals surface area contributed by atoms with Gasteiger partial charge in [0.05, 0.1) is 12.3 Å². The summed E-state index contributed by atoms with van der Waals surface area (Å²) >= 11 is 0. The van der Waals surface area contributed by atoms with E-state index in [-0.39, 0.29) is 6.61 Å². The van der Waals surface area contributed by atoms with Crippen LogP contribution in [-0.2, 0) is 0 Å². The first kappa shape index (κ1) is 22.1. The summed E-state index contributed by atoms with van der Waals surface area (Å²) in [6.45, 7) is 7.19. The number of aromatic nitrogens is 2. The van der Waals surface area contributed by atoms with Gasteiger partial charge in [-0.3, -0.25) is 4.90 Å². The van der Waals surface area contributed by atoms with Gasteiger partial charge in [0.1, 0.15) is 24.2 Å². The van der Waals surface area contributed by atoms with E-state index in [1.165, 1.54) is 6.39 Å². The molecule has 2 aromatic carbocycles. The average molecular weight is 439 g/mol. The molecule has 0 spiro atoms. The molecule has 0 amide bonds. The number of para-hydroxylation sites is 2. The molecule has 1 N–H and O–H groups in total. The lowest BCUT2D eigenvalue weighted by Crippen LogP contribution is -2.49. The zero-order chi connectivity index (χ0) is 22.2. The van der Waals surface area contributed by atoms with Crippen molar-refractivity contribution in [3.05, 3.63) is 54.9 Å². The summed E-state index contributed by atoms with van der Waals surface area (Å²) < 4.78 is 16.9. The SMILES string of the molecule is CCCOc1ccccc1N1CCN(CC(O)COc2cccc(-c3nnco3)c2)CC1. The monoisotopic (exact) mass is 438 g/mol. The standard InChI is InChI=1S/C24H30N4O4/c1-2-14-30-23-9-4-3-8-22(23)28-12-10-27(11-13-28)16-20(29)17-31-21-7-5-6-19(15-21)24-26-25-18-32-24/h3-9,15,18,20,29H,2,10-14,16-17H2,1H3. The lowest BCUT2D eigenvalue weighted by molar-refractivity contribution is 0.0663. The molecule has 1 fully saturated rings. The lowest BCUT2D eigenvalue weighted by Gasteiger charge is -2.37. The zero-order valence-corrected chi connectivity index (χ0v) is 18.4. The number of ether oxygens (including phenoxy) is 2. The Labute approximate surface area is 188 Å². The quantitative estimate of drug-likeness (QED) is 0.517. The normalized spacial score (nSPS) is 15.5. The number of aliphatic hydroxyl groups is 1. The van der Waals surface area contributed by atoms with Crippen LogP contribution < -0.4 is 14.4 Å². The molecule has 0 bridgehead atoms. The molecule has 1 atom stereocenters. The fourth-order valence-electron chi connectivity index (χ4n) is 3.78. The molecule has 0 radical (unpaired) electrons. The first-order valence-electron chi connectivity index (χ1n) is 11.1. The topological polar surface area (TPSA) is 84.1 Å². The van der Waals surface area contributed by atoms with Crippen LogP contribution in [0.1, 0.15) is 13.3 Å². The van der Waals surface area contributed by atoms with Gasteiger partial charge in [-0.1, -0.05) is 25.1 Å². The van der Waals surface area contributed by atoms with Gasteiger partial charge in [0.25, 0.3) is 0 Å². The fraction of sp³-hybridized carbons (Fsp3) is 0.417. The molecule has 3 aromatic rings. The van der Waals surface area contributed by atoms with E-state index in [4.69, 9.17) is 13.9 Å². The van der Waals surface area contributed by atoms with Crippen LogP contribution >= 0.6 is 0 Å². The molecule has 170 valence electrons. The predicted octanol–water partition coefficient (Wildman–Crippen LogP) is 3.09. The summed E-state index contributed by atoms with van der Waals surface area (Å²) in [5.41, 5.74) is 1.93. The van der Waals surface area contributed by atoms with Crippen LogP contribution in [0.15, 0.2) is 59.3 Å². The molecule has 0 aliphatic carbocycles. The number of piperazine rings is 1. The van der Waals surface area contributed by atoms with Gasteiger partial charge in [-0.25, -0.2) is 0 Å². The van der Waals surface area contributed by atoms with Crippen molar-refractivity contribution in [3.8, 4) is 23.0 Å². The van der Waals surface area contributed by atoms with Gasteiger partial charge in [-0.05, 0) is 36.8 Å². The molecule has 4 rings (SSSR count). The molecule has 32 heavy (non-hydrogen) atoms. The summed E-state index contributed by atoms with van der Waals surface area (Å²) in [5, 5.41) is 18.1. The van der Waals surface area contributed by atoms with E-state index in [2.05, 4.69) is 39.1 Å². The van der Waals surface area contributed by atoms with E-state index in [1.54, 1.807) is 0 Å². The number of nitrogens with zero attached hydrogens (tertiary/aromatic N) is 4. The third-order valence-electron chi connectivity index (χ3n) is 5.39. The van der Waals surface area contributed by atoms with E-state index >= 15 is 0 Å². The Morgan fingerprint density at radius 2 is 1.91 bits per heavy atom. The Bertz CT molecular complexity index is 958. The summed E-state index contributed by atoms with van der Waals surface area (Å²) in [6, 6.07) is 15.6. The molecular weight excluding hydrogens is 408 g/mol. The van der Waals surface area contributed by atoms with Crippen LogP contribution in [0, 0.1) is 0 Å². The Morgan fingerprint density at radius 3 is 2.69 bits per heavy atom. The number of anilines is 1. The van der Waals surface area contributed by atoms with Gasteiger partial charge in [-0.15, -0.1) is 10.2 Å². The van der Waals surface area contributed by atoms with Crippen molar-refractivity contribution in [2.45, 2.75) is 19.4 Å². The van der Waals surface area contributed by atoms with E-state index in [1.807, 2.05) is 36.4 Å². The molecule has 8 heteroatoms. The zero-order valence-electron chi connectivity index (χ0n) is 18.4. The number of β-amino-alcohol motifs (C(OH)–C–C–N with tert-alkyl or cyclic N) is 1. The first-order valence-corrected chi connectivity index (χ1v) is 11.1. The minimum absolute atomic E-state index is 0.223. The van der Waals surface area contributed by atoms with Crippen LogP contribution in [0.25, 0.3) is 11.5 Å². The van der Waals surface area contributed by atoms with Gasteiger partial charge < -0.3 is 23.9 Å². The van der Waals surface area contributed by atoms with E-state index < -0.39 is 6.10 Å². The molecule has 1 unspecified atom stereocenters. The van der Waals surface area contributed by atoms with Gasteiger partial charge in [0.2, 0.25) is 12.3 Å². The number of aliphatic hydroxyl groups excluding tert-OH is 1. The predicted molar refractivity (Wildman–Crippen MR) is 122 cm³/mol. The van der Waals surface area contributed by atoms with Gasteiger partial charge in [-0.2, -0.15) is 0 Å². The Kier molecular flexibility index (Phi) is 7.58. The van der Waals surface area contributed by atoms with Crippen molar-refractivity contribution >= 4 is 5.69 Å². The smallest absolute Gasteiger partial charge is 0.247 e. The van der Waals surface area contributed by atoms with Crippen molar-refractivity contribution in [3.63, 3.8) is 0 Å². The van der Waals surface area contributed by atoms with E-state index in [0.717, 1.165) is 56.2 Å². The second-order valence-electron chi connectivity index (χ2n) is 7.84. The van der Waals surface area contributed by atoms with Gasteiger partial charge in [0.15, 0.2) is 0 Å². The van der Waals surface area contributed by atoms with Gasteiger partial charge in [0, 0.05) is 38.3 Å². The molecule has 1 saturated heterocycles. The molecule has 2 heterocycles. The highest BCUT2D eigenvalue weighted by molar-refractivity contribution is 5.58. The number of hydrogen-bond acceptors (Lipinski definition) is 8. The minimum Gasteiger partial charge on any atom is -0.491 e. The Hall–Kier alpha value is -3.10. The summed E-state index contributed by atoms with van der Waals surface area (Å²) in [7, 11) is 0. The highest BCUT2D eigenvalue weighted by Crippen LogP contribution is 2.29. The summed E-state index contributed by atoms with van der Waals surface area (Å²) in [5.74, 6) is 2.04. The molecule has 1 aliphatic heterocycles. The van der Waals surface area contributed by atoms with Crippen LogP contribution in [0.2, 0.25) is 0 Å². The summed E-state index contributed by atoms with van der Waals surface area (Å²) in [4.78, 5) is 4.63. The van der Waals surface area contributed by atoms with Crippen molar-refractivity contribution in [2.75, 3.05) is 50.8 Å². The van der Waals surface area contributed by atoms with Crippen LogP contribution in [0.5, 0.6) is 11.5 Å². The molecular formula is C24H30N4O4. The Balaban J connectivity index is 1.24. The van der Waals surface area contributed by atoms with Gasteiger partial charge >= 0.3 is 0 Å². The van der Waals surface area contributed by atoms with Crippen LogP contribution in [0.3, 0.4) is 0 Å². The van der Waals surface area contributed by atoms with Crippen molar-refractivity contribution in [1.82, 2.24) is 15.1 Å². The minimum atomic E-state index is -0.575. The van der Waals surface area contributed by atoms with Crippen LogP contribution in [-0.4, -0.2) is 72.2 Å². The number of hydrogen-bond donors (Lipinski definition) is 1. The molecule has 1 aliphatic rings. The maximum atomic E-state index is 10.5. The maximum Gasteiger partial charge on any atom is 0.247 e. The van der Waals surface area contributed by atoms with Crippen molar-refractivity contribution < 1.29 is 19.0 Å². The van der Waals surface area contributed by atoms with Crippen molar-refractivity contribution in [2.24, 2.45) is 0 Å². The third-order valence-corrected chi connectivity index (χ3v) is 5.39. The highest BCUT2D eigenvalue weighted by atomic mass is 16.5. The summed E-state index contributed by atoms with van der Waals surface area (Å²) in [6.07, 6.45) is 1.71. The average Bonchev–Trinajstić information content (AvgIpc) is 3.38. The fourth-order valence-corrected chi connectivity index (χ4v) is 3.78. The molecule has 0 saturated carbocycles. The first-order chi connectivity index (χ1) is 15.7. The van der Waals surface area contributed by atoms with Crippen molar-refractivity contribution in [1.29, 1.82) is 0 Å². The highest BCUT2D eigenvalue weighted by Gasteiger charge is 2.21. The molecule has 1 aromatic heterocycles. The number of rotatable bonds is 10. The second-order valence-corrected chi connectivity index (χ2v) is 7.84. The molecule has 8 nitrogen and oxygen atoms in total. The largest absolute Gasteiger partial charge is 0.491 e. The van der Waals surface area contributed by atoms with E-state index in [0.29, 0.717) is 18.2 Å². The number of benzene rings is 2.